The molecule has 3 amide bonds. The molecule has 0 radical (unpaired) electrons. The van der Waals surface area contributed by atoms with E-state index in [0.717, 1.165) is 47.7 Å². The number of thiol groups is 1. The first kappa shape index (κ1) is 28.8. The van der Waals surface area contributed by atoms with Crippen molar-refractivity contribution in [1.82, 2.24) is 24.5 Å². The molecule has 0 bridgehead atoms. The third kappa shape index (κ3) is 6.87. The number of aliphatic carboxylic acids is 1. The highest BCUT2D eigenvalue weighted by atomic mass is 32.1. The number of carbonyl (C=O) groups excluding carboxylic acids is 2. The molecule has 2 heterocycles. The van der Waals surface area contributed by atoms with Crippen molar-refractivity contribution in [1.29, 1.82) is 0 Å². The van der Waals surface area contributed by atoms with Gasteiger partial charge in [-0.25, -0.2) is 9.78 Å². The van der Waals surface area contributed by atoms with Crippen LogP contribution in [0.25, 0.3) is 0 Å². The van der Waals surface area contributed by atoms with Gasteiger partial charge in [0.15, 0.2) is 0 Å². The standard InChI is InChI=1S/C28H39N5O5S/c1-38-23-9-7-20(8-10-23)17-24(33(39)27(37)30-14-11-22-18-29-19-31-22)25(34)32-15-12-28(13-16-32,26(35)36)21-5-3-2-4-6-21/h7-10,18-19,21,24,39H,2-6,11-17H2,1H3,(H,29,31)(H,30,37)(H,35,36)/t24-/m1/s1. The number of H-pyrrole nitrogens is 1. The molecule has 1 aromatic carbocycles. The zero-order valence-electron chi connectivity index (χ0n) is 22.5. The maximum Gasteiger partial charge on any atom is 0.327 e. The molecule has 1 atom stereocenters. The molecule has 2 aliphatic rings. The van der Waals surface area contributed by atoms with E-state index in [1.165, 1.54) is 0 Å². The van der Waals surface area contributed by atoms with Crippen LogP contribution in [0.15, 0.2) is 36.8 Å². The summed E-state index contributed by atoms with van der Waals surface area (Å²) >= 11 is 4.48. The number of nitrogens with zero attached hydrogens (tertiary/aromatic N) is 3. The zero-order chi connectivity index (χ0) is 27.8. The van der Waals surface area contributed by atoms with Crippen LogP contribution in [0.4, 0.5) is 4.79 Å². The summed E-state index contributed by atoms with van der Waals surface area (Å²) < 4.78 is 6.41. The van der Waals surface area contributed by atoms with Crippen molar-refractivity contribution in [2.45, 2.75) is 63.8 Å². The number of carboxylic acid groups (broad SMARTS) is 1. The minimum absolute atomic E-state index is 0.151. The van der Waals surface area contributed by atoms with E-state index in [2.05, 4.69) is 28.1 Å². The van der Waals surface area contributed by atoms with Crippen LogP contribution in [0.2, 0.25) is 0 Å². The zero-order valence-corrected chi connectivity index (χ0v) is 23.4. The Morgan fingerprint density at radius 1 is 1.21 bits per heavy atom. The van der Waals surface area contributed by atoms with Gasteiger partial charge in [-0.3, -0.25) is 13.9 Å². The molecular weight excluding hydrogens is 518 g/mol. The number of hydrogen-bond donors (Lipinski definition) is 4. The molecule has 212 valence electrons. The second-order valence-corrected chi connectivity index (χ2v) is 11.0. The smallest absolute Gasteiger partial charge is 0.327 e. The Kier molecular flexibility index (Phi) is 9.77. The summed E-state index contributed by atoms with van der Waals surface area (Å²) in [6.07, 6.45) is 10.2. The molecule has 4 rings (SSSR count). The molecule has 2 fully saturated rings. The normalized spacial score (nSPS) is 18.3. The first-order chi connectivity index (χ1) is 18.8. The number of likely N-dealkylation sites (tertiary alicyclic amines) is 1. The van der Waals surface area contributed by atoms with Gasteiger partial charge in [0.05, 0.1) is 24.5 Å². The second kappa shape index (κ2) is 13.2. The maximum atomic E-state index is 13.9. The van der Waals surface area contributed by atoms with Gasteiger partial charge in [0.25, 0.3) is 0 Å². The Morgan fingerprint density at radius 2 is 1.90 bits per heavy atom. The molecule has 11 heteroatoms. The SMILES string of the molecule is COc1ccc(C[C@H](C(=O)N2CCC(C(=O)O)(C3CCCCC3)CC2)N(S)C(=O)NCCc2c[nH]cn2)cc1. The lowest BCUT2D eigenvalue weighted by Gasteiger charge is -2.45. The number of carbonyl (C=O) groups is 3. The van der Waals surface area contributed by atoms with Gasteiger partial charge in [-0.2, -0.15) is 0 Å². The molecule has 1 aromatic heterocycles. The summed E-state index contributed by atoms with van der Waals surface area (Å²) in [5.41, 5.74) is 0.893. The van der Waals surface area contributed by atoms with E-state index >= 15 is 0 Å². The summed E-state index contributed by atoms with van der Waals surface area (Å²) in [6, 6.07) is 6.03. The highest BCUT2D eigenvalue weighted by molar-refractivity contribution is 7.78. The molecule has 1 aliphatic carbocycles. The van der Waals surface area contributed by atoms with E-state index in [1.54, 1.807) is 24.5 Å². The minimum atomic E-state index is -0.862. The highest BCUT2D eigenvalue weighted by Gasteiger charge is 2.49. The number of rotatable bonds is 10. The lowest BCUT2D eigenvalue weighted by atomic mass is 9.64. The Morgan fingerprint density at radius 3 is 2.49 bits per heavy atom. The van der Waals surface area contributed by atoms with Gasteiger partial charge >= 0.3 is 12.0 Å². The van der Waals surface area contributed by atoms with Gasteiger partial charge in [-0.05, 0) is 49.3 Å². The fraction of sp³-hybridized carbons (Fsp3) is 0.571. The van der Waals surface area contributed by atoms with E-state index in [-0.39, 0.29) is 18.2 Å². The first-order valence-corrected chi connectivity index (χ1v) is 14.1. The monoisotopic (exact) mass is 557 g/mol. The summed E-state index contributed by atoms with van der Waals surface area (Å²) in [4.78, 5) is 48.1. The van der Waals surface area contributed by atoms with Crippen LogP contribution in [0.3, 0.4) is 0 Å². The first-order valence-electron chi connectivity index (χ1n) is 13.7. The van der Waals surface area contributed by atoms with Crippen LogP contribution in [0.5, 0.6) is 5.75 Å². The molecule has 10 nitrogen and oxygen atoms in total. The third-order valence-electron chi connectivity index (χ3n) is 8.37. The lowest BCUT2D eigenvalue weighted by molar-refractivity contribution is -0.160. The summed E-state index contributed by atoms with van der Waals surface area (Å²) in [5.74, 6) is -0.128. The van der Waals surface area contributed by atoms with E-state index in [1.807, 2.05) is 24.3 Å². The van der Waals surface area contributed by atoms with Crippen LogP contribution in [0.1, 0.15) is 56.2 Å². The third-order valence-corrected chi connectivity index (χ3v) is 8.83. The topological polar surface area (TPSA) is 128 Å². The number of methoxy groups -OCH3 is 1. The average molecular weight is 558 g/mol. The lowest BCUT2D eigenvalue weighted by Crippen LogP contribution is -2.55. The highest BCUT2D eigenvalue weighted by Crippen LogP contribution is 2.46. The Bertz CT molecular complexity index is 1100. The number of aromatic nitrogens is 2. The molecule has 1 saturated heterocycles. The van der Waals surface area contributed by atoms with Gasteiger partial charge in [0.1, 0.15) is 11.8 Å². The Labute approximate surface area is 235 Å². The van der Waals surface area contributed by atoms with Crippen LogP contribution in [0, 0.1) is 11.3 Å². The van der Waals surface area contributed by atoms with Crippen molar-refractivity contribution >= 4 is 30.7 Å². The number of imidazole rings is 1. The van der Waals surface area contributed by atoms with Gasteiger partial charge < -0.3 is 25.0 Å². The largest absolute Gasteiger partial charge is 0.497 e. The number of urea groups is 1. The van der Waals surface area contributed by atoms with Gasteiger partial charge in [-0.1, -0.05) is 44.2 Å². The second-order valence-electron chi connectivity index (χ2n) is 10.6. The fourth-order valence-corrected chi connectivity index (χ4v) is 6.25. The van der Waals surface area contributed by atoms with Crippen molar-refractivity contribution in [2.24, 2.45) is 11.3 Å². The molecule has 3 N–H and O–H groups in total. The van der Waals surface area contributed by atoms with Crippen molar-refractivity contribution < 1.29 is 24.2 Å². The van der Waals surface area contributed by atoms with Crippen molar-refractivity contribution in [2.75, 3.05) is 26.7 Å². The molecule has 0 spiro atoms. The van der Waals surface area contributed by atoms with Crippen molar-refractivity contribution in [3.8, 4) is 5.75 Å². The van der Waals surface area contributed by atoms with Gasteiger partial charge in [0, 0.05) is 38.7 Å². The predicted octanol–water partition coefficient (Wildman–Crippen LogP) is 3.70. The predicted molar refractivity (Wildman–Crippen MR) is 149 cm³/mol. The fourth-order valence-electron chi connectivity index (χ4n) is 6.00. The summed E-state index contributed by atoms with van der Waals surface area (Å²) in [6.45, 7) is 1.04. The van der Waals surface area contributed by atoms with Crippen LogP contribution >= 0.6 is 12.8 Å². The van der Waals surface area contributed by atoms with Crippen LogP contribution in [-0.4, -0.2) is 75.0 Å². The Balaban J connectivity index is 1.46. The number of carboxylic acids is 1. The number of ether oxygens (including phenoxy) is 1. The quantitative estimate of drug-likeness (QED) is 0.330. The molecule has 1 aliphatic heterocycles. The van der Waals surface area contributed by atoms with E-state index in [0.29, 0.717) is 44.6 Å². The molecule has 39 heavy (non-hydrogen) atoms. The van der Waals surface area contributed by atoms with Crippen molar-refractivity contribution in [3.05, 3.63) is 48.0 Å². The molecule has 2 aromatic rings. The van der Waals surface area contributed by atoms with Crippen LogP contribution < -0.4 is 10.1 Å². The number of hydrogen-bond acceptors (Lipinski definition) is 6. The number of aromatic amines is 1. The van der Waals surface area contributed by atoms with E-state index in [9.17, 15) is 19.5 Å². The number of nitrogens with one attached hydrogen (secondary N) is 2. The number of benzene rings is 1. The maximum absolute atomic E-state index is 13.9. The average Bonchev–Trinajstić information content (AvgIpc) is 3.49. The summed E-state index contributed by atoms with van der Waals surface area (Å²) in [5, 5.41) is 13.1. The molecule has 0 unspecified atom stereocenters. The van der Waals surface area contributed by atoms with E-state index < -0.39 is 23.5 Å². The van der Waals surface area contributed by atoms with Gasteiger partial charge in [-0.15, -0.1) is 0 Å². The molecular formula is C28H39N5O5S. The summed E-state index contributed by atoms with van der Waals surface area (Å²) in [7, 11) is 1.59. The molecule has 1 saturated carbocycles. The Hall–Kier alpha value is -3.21. The van der Waals surface area contributed by atoms with Crippen molar-refractivity contribution in [3.63, 3.8) is 0 Å². The van der Waals surface area contributed by atoms with E-state index in [4.69, 9.17) is 4.74 Å². The minimum Gasteiger partial charge on any atom is -0.497 e. The van der Waals surface area contributed by atoms with Gasteiger partial charge in [0.2, 0.25) is 5.91 Å². The van der Waals surface area contributed by atoms with Crippen LogP contribution in [-0.2, 0) is 22.4 Å². The number of amides is 3. The number of piperidine rings is 1.